The van der Waals surface area contributed by atoms with Crippen LogP contribution in [0.3, 0.4) is 0 Å². The fourth-order valence-corrected chi connectivity index (χ4v) is 3.84. The highest BCUT2D eigenvalue weighted by Gasteiger charge is 2.23. The Morgan fingerprint density at radius 2 is 2.00 bits per heavy atom. The molecule has 1 aromatic heterocycles. The second kappa shape index (κ2) is 8.09. The number of amides is 2. The molecular weight excluding hydrogens is 312 g/mol. The Kier molecular flexibility index (Phi) is 6.13. The molecule has 0 bridgehead atoms. The van der Waals surface area contributed by atoms with Crippen LogP contribution in [-0.4, -0.2) is 43.9 Å². The van der Waals surface area contributed by atoms with Crippen LogP contribution < -0.4 is 10.6 Å². The van der Waals surface area contributed by atoms with Crippen molar-refractivity contribution in [1.82, 2.24) is 10.2 Å². The zero-order valence-corrected chi connectivity index (χ0v) is 14.4. The van der Waals surface area contributed by atoms with Gasteiger partial charge < -0.3 is 15.5 Å². The SMILES string of the molecule is CN(C)CCCNC(=O)C(=O)Nc1sc2c(c1C#N)CCCC2. The van der Waals surface area contributed by atoms with Crippen LogP contribution in [0.15, 0.2) is 0 Å². The van der Waals surface area contributed by atoms with Gasteiger partial charge in [-0.05, 0) is 58.3 Å². The van der Waals surface area contributed by atoms with Gasteiger partial charge in [0.05, 0.1) is 5.56 Å². The second-order valence-electron chi connectivity index (χ2n) is 5.89. The molecular formula is C16H22N4O2S. The van der Waals surface area contributed by atoms with E-state index in [1.165, 1.54) is 11.3 Å². The van der Waals surface area contributed by atoms with Gasteiger partial charge in [0.1, 0.15) is 11.1 Å². The van der Waals surface area contributed by atoms with Crippen molar-refractivity contribution in [2.75, 3.05) is 32.5 Å². The first-order chi connectivity index (χ1) is 11.0. The minimum Gasteiger partial charge on any atom is -0.348 e. The largest absolute Gasteiger partial charge is 0.348 e. The highest BCUT2D eigenvalue weighted by atomic mass is 32.1. The molecule has 0 aromatic carbocycles. The Balaban J connectivity index is 1.94. The summed E-state index contributed by atoms with van der Waals surface area (Å²) in [6, 6.07) is 2.17. The maximum absolute atomic E-state index is 12.0. The van der Waals surface area contributed by atoms with E-state index in [-0.39, 0.29) is 0 Å². The molecule has 0 spiro atoms. The summed E-state index contributed by atoms with van der Waals surface area (Å²) in [6.45, 7) is 1.30. The summed E-state index contributed by atoms with van der Waals surface area (Å²) in [5.74, 6) is -1.36. The second-order valence-corrected chi connectivity index (χ2v) is 7.00. The monoisotopic (exact) mass is 334 g/mol. The third kappa shape index (κ3) is 4.53. The highest BCUT2D eigenvalue weighted by molar-refractivity contribution is 7.16. The summed E-state index contributed by atoms with van der Waals surface area (Å²) >= 11 is 1.42. The molecule has 2 N–H and O–H groups in total. The minimum absolute atomic E-state index is 0.455. The number of anilines is 1. The van der Waals surface area contributed by atoms with E-state index in [9.17, 15) is 14.9 Å². The number of hydrogen-bond acceptors (Lipinski definition) is 5. The van der Waals surface area contributed by atoms with Crippen LogP contribution in [0.4, 0.5) is 5.00 Å². The summed E-state index contributed by atoms with van der Waals surface area (Å²) < 4.78 is 0. The van der Waals surface area contributed by atoms with Gasteiger partial charge in [-0.3, -0.25) is 9.59 Å². The van der Waals surface area contributed by atoms with Crippen molar-refractivity contribution >= 4 is 28.2 Å². The summed E-state index contributed by atoms with van der Waals surface area (Å²) in [6.07, 6.45) is 4.78. The maximum atomic E-state index is 12.0. The average molecular weight is 334 g/mol. The Bertz CT molecular complexity index is 631. The number of carbonyl (C=O) groups is 2. The normalized spacial score (nSPS) is 13.3. The molecule has 1 aliphatic rings. The van der Waals surface area contributed by atoms with E-state index in [1.807, 2.05) is 19.0 Å². The van der Waals surface area contributed by atoms with E-state index in [0.717, 1.165) is 49.1 Å². The highest BCUT2D eigenvalue weighted by Crippen LogP contribution is 2.37. The number of nitrogens with one attached hydrogen (secondary N) is 2. The lowest BCUT2D eigenvalue weighted by Gasteiger charge is -2.10. The lowest BCUT2D eigenvalue weighted by Crippen LogP contribution is -2.36. The van der Waals surface area contributed by atoms with Gasteiger partial charge in [0.25, 0.3) is 0 Å². The molecule has 0 fully saturated rings. The van der Waals surface area contributed by atoms with Crippen LogP contribution in [0, 0.1) is 11.3 Å². The van der Waals surface area contributed by atoms with Gasteiger partial charge in [-0.15, -0.1) is 11.3 Å². The zero-order chi connectivity index (χ0) is 16.8. The van der Waals surface area contributed by atoms with Crippen molar-refractivity contribution in [3.8, 4) is 6.07 Å². The Hall–Kier alpha value is -1.91. The predicted octanol–water partition coefficient (Wildman–Crippen LogP) is 1.50. The topological polar surface area (TPSA) is 85.2 Å². The summed E-state index contributed by atoms with van der Waals surface area (Å²) in [5, 5.41) is 15.1. The number of aryl methyl sites for hydroxylation is 1. The van der Waals surface area contributed by atoms with Crippen LogP contribution in [0.1, 0.15) is 35.3 Å². The van der Waals surface area contributed by atoms with Crippen LogP contribution in [0.25, 0.3) is 0 Å². The molecule has 0 atom stereocenters. The fourth-order valence-electron chi connectivity index (χ4n) is 2.61. The average Bonchev–Trinajstić information content (AvgIpc) is 2.87. The Morgan fingerprint density at radius 1 is 1.26 bits per heavy atom. The van der Waals surface area contributed by atoms with Gasteiger partial charge >= 0.3 is 11.8 Å². The van der Waals surface area contributed by atoms with E-state index >= 15 is 0 Å². The molecule has 0 saturated carbocycles. The Morgan fingerprint density at radius 3 is 2.70 bits per heavy atom. The van der Waals surface area contributed by atoms with E-state index in [0.29, 0.717) is 17.1 Å². The van der Waals surface area contributed by atoms with Gasteiger partial charge in [-0.2, -0.15) is 5.26 Å². The lowest BCUT2D eigenvalue weighted by molar-refractivity contribution is -0.136. The molecule has 1 heterocycles. The van der Waals surface area contributed by atoms with E-state index in [4.69, 9.17) is 0 Å². The van der Waals surface area contributed by atoms with Gasteiger partial charge in [-0.1, -0.05) is 0 Å². The molecule has 2 amide bonds. The van der Waals surface area contributed by atoms with Gasteiger partial charge in [0.15, 0.2) is 0 Å². The first-order valence-corrected chi connectivity index (χ1v) is 8.63. The van der Waals surface area contributed by atoms with Crippen LogP contribution in [-0.2, 0) is 22.4 Å². The number of rotatable bonds is 5. The molecule has 7 heteroatoms. The smallest absolute Gasteiger partial charge is 0.314 e. The quantitative estimate of drug-likeness (QED) is 0.631. The van der Waals surface area contributed by atoms with Gasteiger partial charge in [-0.25, -0.2) is 0 Å². The molecule has 2 rings (SSSR count). The van der Waals surface area contributed by atoms with Crippen LogP contribution >= 0.6 is 11.3 Å². The maximum Gasteiger partial charge on any atom is 0.314 e. The van der Waals surface area contributed by atoms with Gasteiger partial charge in [0, 0.05) is 11.4 Å². The summed E-state index contributed by atoms with van der Waals surface area (Å²) in [4.78, 5) is 27.0. The van der Waals surface area contributed by atoms with Crippen molar-refractivity contribution in [2.45, 2.75) is 32.1 Å². The van der Waals surface area contributed by atoms with Crippen molar-refractivity contribution < 1.29 is 9.59 Å². The third-order valence-corrected chi connectivity index (χ3v) is 4.99. The van der Waals surface area contributed by atoms with Crippen LogP contribution in [0.2, 0.25) is 0 Å². The summed E-state index contributed by atoms with van der Waals surface area (Å²) in [7, 11) is 3.91. The molecule has 124 valence electrons. The van der Waals surface area contributed by atoms with E-state index < -0.39 is 11.8 Å². The molecule has 23 heavy (non-hydrogen) atoms. The standard InChI is InChI=1S/C16H22N4O2S/c1-20(2)9-5-8-18-14(21)15(22)19-16-12(10-17)11-6-3-4-7-13(11)23-16/h3-9H2,1-2H3,(H,18,21)(H,19,22). The van der Waals surface area contributed by atoms with Crippen molar-refractivity contribution in [2.24, 2.45) is 0 Å². The number of carbonyl (C=O) groups excluding carboxylic acids is 2. The van der Waals surface area contributed by atoms with Crippen molar-refractivity contribution in [3.63, 3.8) is 0 Å². The number of nitrogens with zero attached hydrogens (tertiary/aromatic N) is 2. The van der Waals surface area contributed by atoms with Crippen molar-refractivity contribution in [1.29, 1.82) is 5.26 Å². The molecule has 0 unspecified atom stereocenters. The van der Waals surface area contributed by atoms with Gasteiger partial charge in [0.2, 0.25) is 0 Å². The predicted molar refractivity (Wildman–Crippen MR) is 90.5 cm³/mol. The fraction of sp³-hybridized carbons (Fsp3) is 0.562. The number of hydrogen-bond donors (Lipinski definition) is 2. The number of nitriles is 1. The third-order valence-electron chi connectivity index (χ3n) is 3.78. The van der Waals surface area contributed by atoms with Crippen LogP contribution in [0.5, 0.6) is 0 Å². The molecule has 0 saturated heterocycles. The number of fused-ring (bicyclic) bond motifs is 1. The van der Waals surface area contributed by atoms with E-state index in [2.05, 4.69) is 16.7 Å². The molecule has 1 aliphatic carbocycles. The zero-order valence-electron chi connectivity index (χ0n) is 13.6. The van der Waals surface area contributed by atoms with Crippen molar-refractivity contribution in [3.05, 3.63) is 16.0 Å². The molecule has 0 aliphatic heterocycles. The molecule has 0 radical (unpaired) electrons. The number of thiophene rings is 1. The van der Waals surface area contributed by atoms with E-state index in [1.54, 1.807) is 0 Å². The first kappa shape index (κ1) is 17.4. The summed E-state index contributed by atoms with van der Waals surface area (Å²) in [5.41, 5.74) is 1.57. The Labute approximate surface area is 140 Å². The minimum atomic E-state index is -0.704. The first-order valence-electron chi connectivity index (χ1n) is 7.81. The molecule has 1 aromatic rings. The molecule has 6 nitrogen and oxygen atoms in total. The lowest BCUT2D eigenvalue weighted by atomic mass is 9.96.